The first kappa shape index (κ1) is 19.9. The summed E-state index contributed by atoms with van der Waals surface area (Å²) in [6.07, 6.45) is 2.16. The maximum absolute atomic E-state index is 12.8. The number of hydrogen-bond donors (Lipinski definition) is 3. The molecule has 0 saturated carbocycles. The van der Waals surface area contributed by atoms with Crippen molar-refractivity contribution in [2.24, 2.45) is 5.92 Å². The van der Waals surface area contributed by atoms with E-state index in [0.29, 0.717) is 43.9 Å². The molecule has 0 atom stereocenters. The number of nitrogens with zero attached hydrogens (tertiary/aromatic N) is 2. The highest BCUT2D eigenvalue weighted by atomic mass is 32.2. The van der Waals surface area contributed by atoms with Gasteiger partial charge < -0.3 is 10.6 Å². The summed E-state index contributed by atoms with van der Waals surface area (Å²) in [6, 6.07) is 0. The van der Waals surface area contributed by atoms with Crippen molar-refractivity contribution >= 4 is 15.9 Å². The SMILES string of the molecule is CCCNCCNC(=O)C1CCN(S(=O)(=O)c2c(C)n[nH]c2C)CC1. The van der Waals surface area contributed by atoms with Crippen molar-refractivity contribution in [2.45, 2.75) is 44.9 Å². The zero-order valence-corrected chi connectivity index (χ0v) is 16.1. The van der Waals surface area contributed by atoms with Crippen LogP contribution in [-0.2, 0) is 14.8 Å². The molecule has 9 heteroatoms. The molecule has 2 rings (SSSR count). The Morgan fingerprint density at radius 2 is 1.92 bits per heavy atom. The van der Waals surface area contributed by atoms with Crippen molar-refractivity contribution in [1.82, 2.24) is 25.1 Å². The van der Waals surface area contributed by atoms with Gasteiger partial charge in [0.25, 0.3) is 0 Å². The maximum atomic E-state index is 12.8. The Bertz CT molecular complexity index is 658. The monoisotopic (exact) mass is 371 g/mol. The molecule has 0 aliphatic carbocycles. The second kappa shape index (κ2) is 8.77. The van der Waals surface area contributed by atoms with E-state index in [0.717, 1.165) is 19.5 Å². The topological polar surface area (TPSA) is 107 Å². The highest BCUT2D eigenvalue weighted by molar-refractivity contribution is 7.89. The molecule has 1 aliphatic rings. The predicted octanol–water partition coefficient (Wildman–Crippen LogP) is 0.543. The van der Waals surface area contributed by atoms with Gasteiger partial charge in [0.15, 0.2) is 0 Å². The quantitative estimate of drug-likeness (QED) is 0.578. The van der Waals surface area contributed by atoms with Crippen LogP contribution >= 0.6 is 0 Å². The lowest BCUT2D eigenvalue weighted by molar-refractivity contribution is -0.126. The molecule has 0 spiro atoms. The minimum Gasteiger partial charge on any atom is -0.355 e. The first-order chi connectivity index (χ1) is 11.9. The molecule has 8 nitrogen and oxygen atoms in total. The van der Waals surface area contributed by atoms with Crippen LogP contribution in [0.15, 0.2) is 4.90 Å². The van der Waals surface area contributed by atoms with Crippen LogP contribution in [0.3, 0.4) is 0 Å². The van der Waals surface area contributed by atoms with Gasteiger partial charge in [-0.2, -0.15) is 9.40 Å². The summed E-state index contributed by atoms with van der Waals surface area (Å²) >= 11 is 0. The lowest BCUT2D eigenvalue weighted by atomic mass is 9.97. The number of H-pyrrole nitrogens is 1. The van der Waals surface area contributed by atoms with Gasteiger partial charge >= 0.3 is 0 Å². The first-order valence-electron chi connectivity index (χ1n) is 8.88. The third-order valence-corrected chi connectivity index (χ3v) is 6.67. The summed E-state index contributed by atoms with van der Waals surface area (Å²) in [5, 5.41) is 12.9. The van der Waals surface area contributed by atoms with Gasteiger partial charge in [-0.25, -0.2) is 8.42 Å². The van der Waals surface area contributed by atoms with Gasteiger partial charge in [0.1, 0.15) is 4.90 Å². The lowest BCUT2D eigenvalue weighted by Crippen LogP contribution is -2.44. The van der Waals surface area contributed by atoms with Crippen LogP contribution in [0.4, 0.5) is 0 Å². The summed E-state index contributed by atoms with van der Waals surface area (Å²) in [6.45, 7) is 8.51. The smallest absolute Gasteiger partial charge is 0.246 e. The van der Waals surface area contributed by atoms with Crippen molar-refractivity contribution in [1.29, 1.82) is 0 Å². The summed E-state index contributed by atoms with van der Waals surface area (Å²) in [5.74, 6) is -0.102. The van der Waals surface area contributed by atoms with E-state index in [4.69, 9.17) is 0 Å². The van der Waals surface area contributed by atoms with Gasteiger partial charge in [0, 0.05) is 32.1 Å². The van der Waals surface area contributed by atoms with E-state index in [-0.39, 0.29) is 16.7 Å². The van der Waals surface area contributed by atoms with Crippen LogP contribution in [0.2, 0.25) is 0 Å². The number of rotatable bonds is 8. The van der Waals surface area contributed by atoms with E-state index in [1.807, 2.05) is 0 Å². The summed E-state index contributed by atoms with van der Waals surface area (Å²) in [5.41, 5.74) is 1.04. The van der Waals surface area contributed by atoms with Gasteiger partial charge in [-0.1, -0.05) is 6.92 Å². The van der Waals surface area contributed by atoms with Crippen molar-refractivity contribution < 1.29 is 13.2 Å². The highest BCUT2D eigenvalue weighted by Crippen LogP contribution is 2.26. The fourth-order valence-corrected chi connectivity index (χ4v) is 4.93. The molecule has 2 heterocycles. The van der Waals surface area contributed by atoms with E-state index >= 15 is 0 Å². The van der Waals surface area contributed by atoms with Crippen molar-refractivity contribution in [3.63, 3.8) is 0 Å². The molecule has 1 fully saturated rings. The van der Waals surface area contributed by atoms with Crippen LogP contribution in [-0.4, -0.2) is 61.6 Å². The van der Waals surface area contributed by atoms with E-state index < -0.39 is 10.0 Å². The van der Waals surface area contributed by atoms with Gasteiger partial charge in [0.2, 0.25) is 15.9 Å². The number of aromatic amines is 1. The van der Waals surface area contributed by atoms with Gasteiger partial charge in [0.05, 0.1) is 11.4 Å². The number of sulfonamides is 1. The van der Waals surface area contributed by atoms with Crippen LogP contribution in [0.5, 0.6) is 0 Å². The third-order valence-electron chi connectivity index (χ3n) is 4.51. The third kappa shape index (κ3) is 4.80. The molecule has 1 aromatic heterocycles. The molecule has 0 aromatic carbocycles. The molecule has 142 valence electrons. The second-order valence-corrected chi connectivity index (χ2v) is 8.36. The first-order valence-corrected chi connectivity index (χ1v) is 10.3. The van der Waals surface area contributed by atoms with Gasteiger partial charge in [-0.3, -0.25) is 9.89 Å². The summed E-state index contributed by atoms with van der Waals surface area (Å²) < 4.78 is 27.1. The Morgan fingerprint density at radius 1 is 1.24 bits per heavy atom. The van der Waals surface area contributed by atoms with Crippen LogP contribution < -0.4 is 10.6 Å². The molecule has 1 saturated heterocycles. The molecule has 0 bridgehead atoms. The lowest BCUT2D eigenvalue weighted by Gasteiger charge is -2.30. The molecular formula is C16H29N5O3S. The van der Waals surface area contributed by atoms with Gasteiger partial charge in [-0.15, -0.1) is 0 Å². The molecule has 0 radical (unpaired) electrons. The van der Waals surface area contributed by atoms with Crippen molar-refractivity contribution in [2.75, 3.05) is 32.7 Å². The van der Waals surface area contributed by atoms with E-state index in [2.05, 4.69) is 27.8 Å². The average molecular weight is 372 g/mol. The van der Waals surface area contributed by atoms with Crippen LogP contribution in [0, 0.1) is 19.8 Å². The number of piperidine rings is 1. The molecule has 1 amide bonds. The van der Waals surface area contributed by atoms with E-state index in [1.54, 1.807) is 13.8 Å². The Morgan fingerprint density at radius 3 is 2.48 bits per heavy atom. The Kier molecular flexibility index (Phi) is 6.97. The van der Waals surface area contributed by atoms with Crippen LogP contribution in [0.1, 0.15) is 37.6 Å². The minimum atomic E-state index is -3.56. The molecule has 1 aliphatic heterocycles. The number of carbonyl (C=O) groups is 1. The average Bonchev–Trinajstić information content (AvgIpc) is 2.94. The number of nitrogens with one attached hydrogen (secondary N) is 3. The summed E-state index contributed by atoms with van der Waals surface area (Å²) in [7, 11) is -3.56. The van der Waals surface area contributed by atoms with Crippen LogP contribution in [0.25, 0.3) is 0 Å². The fraction of sp³-hybridized carbons (Fsp3) is 0.750. The molecular weight excluding hydrogens is 342 g/mol. The van der Waals surface area contributed by atoms with Crippen molar-refractivity contribution in [3.05, 3.63) is 11.4 Å². The number of carbonyl (C=O) groups excluding carboxylic acids is 1. The Labute approximate surface area is 149 Å². The minimum absolute atomic E-state index is 0.0195. The largest absolute Gasteiger partial charge is 0.355 e. The maximum Gasteiger partial charge on any atom is 0.246 e. The molecule has 1 aromatic rings. The number of hydrogen-bond acceptors (Lipinski definition) is 5. The molecule has 0 unspecified atom stereocenters. The normalized spacial score (nSPS) is 16.9. The van der Waals surface area contributed by atoms with E-state index in [9.17, 15) is 13.2 Å². The standard InChI is InChI=1S/C16H29N5O3S/c1-4-7-17-8-9-18-16(22)14-5-10-21(11-6-14)25(23,24)15-12(2)19-20-13(15)3/h14,17H,4-11H2,1-3H3,(H,18,22)(H,19,20). The zero-order chi connectivity index (χ0) is 18.4. The Balaban J connectivity index is 1.86. The van der Waals surface area contributed by atoms with Crippen molar-refractivity contribution in [3.8, 4) is 0 Å². The second-order valence-electron chi connectivity index (χ2n) is 6.48. The number of aromatic nitrogens is 2. The molecule has 3 N–H and O–H groups in total. The van der Waals surface area contributed by atoms with Gasteiger partial charge in [-0.05, 0) is 39.7 Å². The zero-order valence-electron chi connectivity index (χ0n) is 15.3. The van der Waals surface area contributed by atoms with E-state index in [1.165, 1.54) is 4.31 Å². The highest BCUT2D eigenvalue weighted by Gasteiger charge is 2.34. The fourth-order valence-electron chi connectivity index (χ4n) is 3.13. The molecule has 25 heavy (non-hydrogen) atoms. The Hall–Kier alpha value is -1.45. The number of amides is 1. The summed E-state index contributed by atoms with van der Waals surface area (Å²) in [4.78, 5) is 12.5. The predicted molar refractivity (Wildman–Crippen MR) is 95.7 cm³/mol. The number of aryl methyl sites for hydroxylation is 2.